The summed E-state index contributed by atoms with van der Waals surface area (Å²) in [5.74, 6) is -0.182. The molecule has 0 bridgehead atoms. The predicted octanol–water partition coefficient (Wildman–Crippen LogP) is 4.02. The van der Waals surface area contributed by atoms with Crippen molar-refractivity contribution < 1.29 is 14.3 Å². The van der Waals surface area contributed by atoms with Gasteiger partial charge in [0.2, 0.25) is 0 Å². The van der Waals surface area contributed by atoms with E-state index in [0.29, 0.717) is 26.2 Å². The summed E-state index contributed by atoms with van der Waals surface area (Å²) in [4.78, 5) is 28.5. The van der Waals surface area contributed by atoms with Gasteiger partial charge in [-0.2, -0.15) is 5.26 Å². The van der Waals surface area contributed by atoms with Crippen molar-refractivity contribution in [2.75, 3.05) is 31.5 Å². The first-order valence-electron chi connectivity index (χ1n) is 10.3. The fourth-order valence-electron chi connectivity index (χ4n) is 3.20. The van der Waals surface area contributed by atoms with E-state index in [-0.39, 0.29) is 17.6 Å². The number of nitrogens with zero attached hydrogens (tertiary/aromatic N) is 3. The number of hydrogen-bond donors (Lipinski definition) is 1. The van der Waals surface area contributed by atoms with E-state index < -0.39 is 11.5 Å². The van der Waals surface area contributed by atoms with E-state index in [1.807, 2.05) is 56.9 Å². The van der Waals surface area contributed by atoms with Crippen molar-refractivity contribution in [3.8, 4) is 6.07 Å². The Morgan fingerprint density at radius 2 is 1.83 bits per heavy atom. The number of para-hydroxylation sites is 1. The van der Waals surface area contributed by atoms with E-state index >= 15 is 0 Å². The number of carbonyl (C=O) groups is 2. The van der Waals surface area contributed by atoms with Crippen LogP contribution in [0.5, 0.6) is 0 Å². The molecule has 30 heavy (non-hydrogen) atoms. The van der Waals surface area contributed by atoms with E-state index in [9.17, 15) is 14.9 Å². The number of anilines is 1. The van der Waals surface area contributed by atoms with Gasteiger partial charge >= 0.3 is 6.09 Å². The molecule has 1 aromatic rings. The van der Waals surface area contributed by atoms with Gasteiger partial charge in [-0.05, 0) is 44.7 Å². The number of hydrogen-bond acceptors (Lipinski definition) is 5. The van der Waals surface area contributed by atoms with Crippen molar-refractivity contribution in [2.24, 2.45) is 0 Å². The molecule has 1 aliphatic rings. The minimum Gasteiger partial charge on any atom is -0.444 e. The first-order valence-corrected chi connectivity index (χ1v) is 10.3. The van der Waals surface area contributed by atoms with Gasteiger partial charge in [-0.25, -0.2) is 4.79 Å². The zero-order chi connectivity index (χ0) is 22.5. The lowest BCUT2D eigenvalue weighted by Gasteiger charge is -2.35. The second-order valence-corrected chi connectivity index (χ2v) is 8.81. The third-order valence-corrected chi connectivity index (χ3v) is 4.81. The molecule has 1 saturated heterocycles. The number of aryl methyl sites for hydroxylation is 1. The quantitative estimate of drug-likeness (QED) is 0.596. The van der Waals surface area contributed by atoms with E-state index in [4.69, 9.17) is 4.74 Å². The molecule has 1 aromatic carbocycles. The first-order chi connectivity index (χ1) is 14.0. The molecule has 1 heterocycles. The highest BCUT2D eigenvalue weighted by molar-refractivity contribution is 6.07. The van der Waals surface area contributed by atoms with Crippen molar-refractivity contribution in [2.45, 2.75) is 53.1 Å². The lowest BCUT2D eigenvalue weighted by molar-refractivity contribution is -0.112. The highest BCUT2D eigenvalue weighted by Crippen LogP contribution is 2.27. The van der Waals surface area contributed by atoms with Crippen LogP contribution in [0.15, 0.2) is 30.0 Å². The zero-order valence-electron chi connectivity index (χ0n) is 18.8. The van der Waals surface area contributed by atoms with Gasteiger partial charge in [0.1, 0.15) is 17.2 Å². The summed E-state index contributed by atoms with van der Waals surface area (Å²) < 4.78 is 5.40. The number of amides is 2. The average Bonchev–Trinajstić information content (AvgIpc) is 2.66. The van der Waals surface area contributed by atoms with Crippen LogP contribution in [0.25, 0.3) is 0 Å². The summed E-state index contributed by atoms with van der Waals surface area (Å²) in [6.07, 6.45) is 1.24. The minimum atomic E-state index is -0.537. The zero-order valence-corrected chi connectivity index (χ0v) is 18.8. The van der Waals surface area contributed by atoms with Gasteiger partial charge < -0.3 is 19.9 Å². The largest absolute Gasteiger partial charge is 0.444 e. The van der Waals surface area contributed by atoms with Gasteiger partial charge in [0.15, 0.2) is 0 Å². The van der Waals surface area contributed by atoms with Crippen molar-refractivity contribution in [3.63, 3.8) is 0 Å². The summed E-state index contributed by atoms with van der Waals surface area (Å²) in [6.45, 7) is 13.6. The van der Waals surface area contributed by atoms with E-state index in [2.05, 4.69) is 19.2 Å². The number of rotatable bonds is 4. The summed E-state index contributed by atoms with van der Waals surface area (Å²) in [5.41, 5.74) is 2.25. The van der Waals surface area contributed by atoms with Gasteiger partial charge in [0, 0.05) is 38.1 Å². The maximum Gasteiger partial charge on any atom is 0.410 e. The fourth-order valence-corrected chi connectivity index (χ4v) is 3.20. The summed E-state index contributed by atoms with van der Waals surface area (Å²) in [5, 5.41) is 12.4. The summed E-state index contributed by atoms with van der Waals surface area (Å²) in [7, 11) is 0. The molecule has 7 nitrogen and oxygen atoms in total. The van der Waals surface area contributed by atoms with Crippen LogP contribution < -0.4 is 5.32 Å². The molecule has 0 aliphatic carbocycles. The SMILES string of the molecule is Cc1cccc(C(C)C)c1NC(=O)/C(C#N)=C\N1CCN(C(=O)OC(C)(C)C)CC1. The molecule has 0 radical (unpaired) electrons. The van der Waals surface area contributed by atoms with Crippen LogP contribution in [-0.4, -0.2) is 53.6 Å². The Morgan fingerprint density at radius 3 is 2.37 bits per heavy atom. The number of piperazine rings is 1. The molecular weight excluding hydrogens is 380 g/mol. The van der Waals surface area contributed by atoms with Crippen molar-refractivity contribution in [3.05, 3.63) is 41.1 Å². The van der Waals surface area contributed by atoms with Crippen LogP contribution in [0.1, 0.15) is 51.7 Å². The van der Waals surface area contributed by atoms with Crippen LogP contribution in [-0.2, 0) is 9.53 Å². The molecule has 0 saturated carbocycles. The second kappa shape index (κ2) is 9.66. The molecule has 0 spiro atoms. The number of carbonyl (C=O) groups excluding carboxylic acids is 2. The average molecular weight is 413 g/mol. The van der Waals surface area contributed by atoms with Gasteiger partial charge in [0.25, 0.3) is 5.91 Å². The highest BCUT2D eigenvalue weighted by atomic mass is 16.6. The topological polar surface area (TPSA) is 85.7 Å². The van der Waals surface area contributed by atoms with Gasteiger partial charge in [-0.15, -0.1) is 0 Å². The van der Waals surface area contributed by atoms with Crippen LogP contribution in [0.2, 0.25) is 0 Å². The number of benzene rings is 1. The van der Waals surface area contributed by atoms with Gasteiger partial charge in [-0.1, -0.05) is 32.0 Å². The molecular formula is C23H32N4O3. The molecule has 7 heteroatoms. The molecule has 1 N–H and O–H groups in total. The Hall–Kier alpha value is -3.01. The van der Waals surface area contributed by atoms with Crippen molar-refractivity contribution >= 4 is 17.7 Å². The normalized spacial score (nSPS) is 15.1. The molecule has 0 unspecified atom stereocenters. The second-order valence-electron chi connectivity index (χ2n) is 8.81. The van der Waals surface area contributed by atoms with Gasteiger partial charge in [-0.3, -0.25) is 4.79 Å². The van der Waals surface area contributed by atoms with Crippen LogP contribution in [0.3, 0.4) is 0 Å². The van der Waals surface area contributed by atoms with Gasteiger partial charge in [0.05, 0.1) is 0 Å². The van der Waals surface area contributed by atoms with E-state index in [0.717, 1.165) is 16.8 Å². The molecule has 1 aliphatic heterocycles. The Bertz CT molecular complexity index is 854. The Kier molecular flexibility index (Phi) is 7.49. The van der Waals surface area contributed by atoms with Crippen LogP contribution >= 0.6 is 0 Å². The van der Waals surface area contributed by atoms with E-state index in [1.54, 1.807) is 11.1 Å². The summed E-state index contributed by atoms with van der Waals surface area (Å²) >= 11 is 0. The highest BCUT2D eigenvalue weighted by Gasteiger charge is 2.25. The third kappa shape index (κ3) is 6.24. The third-order valence-electron chi connectivity index (χ3n) is 4.81. The molecule has 1 fully saturated rings. The predicted molar refractivity (Wildman–Crippen MR) is 117 cm³/mol. The Morgan fingerprint density at radius 1 is 1.20 bits per heavy atom. The van der Waals surface area contributed by atoms with Crippen molar-refractivity contribution in [1.29, 1.82) is 5.26 Å². The molecule has 0 aromatic heterocycles. The molecule has 0 atom stereocenters. The number of ether oxygens (including phenoxy) is 1. The fraction of sp³-hybridized carbons (Fsp3) is 0.522. The maximum absolute atomic E-state index is 12.8. The molecule has 2 amide bonds. The standard InChI is InChI=1S/C23H32N4O3/c1-16(2)19-9-7-8-17(3)20(19)25-21(28)18(14-24)15-26-10-12-27(13-11-26)22(29)30-23(4,5)6/h7-9,15-16H,10-13H2,1-6H3,(H,25,28)/b18-15-. The summed E-state index contributed by atoms with van der Waals surface area (Å²) in [6, 6.07) is 7.89. The smallest absolute Gasteiger partial charge is 0.410 e. The maximum atomic E-state index is 12.8. The Balaban J connectivity index is 2.05. The van der Waals surface area contributed by atoms with Crippen LogP contribution in [0, 0.1) is 18.3 Å². The first kappa shape index (κ1) is 23.3. The van der Waals surface area contributed by atoms with E-state index in [1.165, 1.54) is 0 Å². The lowest BCUT2D eigenvalue weighted by atomic mass is 9.98. The monoisotopic (exact) mass is 412 g/mol. The lowest BCUT2D eigenvalue weighted by Crippen LogP contribution is -2.48. The number of nitriles is 1. The molecule has 2 rings (SSSR count). The van der Waals surface area contributed by atoms with Crippen LogP contribution in [0.4, 0.5) is 10.5 Å². The Labute approximate surface area is 179 Å². The molecule has 162 valence electrons. The van der Waals surface area contributed by atoms with Crippen molar-refractivity contribution in [1.82, 2.24) is 9.80 Å². The number of nitrogens with one attached hydrogen (secondary N) is 1. The minimum absolute atomic E-state index is 0.0404.